The summed E-state index contributed by atoms with van der Waals surface area (Å²) in [6.45, 7) is 6.55. The van der Waals surface area contributed by atoms with Crippen molar-refractivity contribution in [2.45, 2.75) is 38.9 Å². The largest absolute Gasteiger partial charge is 0.351 e. The van der Waals surface area contributed by atoms with Crippen LogP contribution in [0.15, 0.2) is 53.7 Å². The molecule has 0 aliphatic rings. The van der Waals surface area contributed by atoms with E-state index in [0.717, 1.165) is 28.9 Å². The van der Waals surface area contributed by atoms with Gasteiger partial charge in [0, 0.05) is 29.4 Å². The van der Waals surface area contributed by atoms with Crippen molar-refractivity contribution in [3.05, 3.63) is 87.2 Å². The molecule has 0 spiro atoms. The fraction of sp³-hybridized carbons (Fsp3) is 0.250. The Kier molecular flexibility index (Phi) is 6.77. The van der Waals surface area contributed by atoms with Crippen LogP contribution in [0.4, 0.5) is 0 Å². The highest BCUT2D eigenvalue weighted by molar-refractivity contribution is 7.99. The molecule has 0 saturated carbocycles. The fourth-order valence-electron chi connectivity index (χ4n) is 3.52. The number of hydrogen-bond acceptors (Lipinski definition) is 5. The number of aryl methyl sites for hydroxylation is 3. The lowest BCUT2D eigenvalue weighted by Gasteiger charge is -2.11. The maximum atomic E-state index is 12.3. The molecule has 0 aliphatic carbocycles. The summed E-state index contributed by atoms with van der Waals surface area (Å²) in [5.74, 6) is 0.664. The Balaban J connectivity index is 1.45. The van der Waals surface area contributed by atoms with Crippen LogP contribution in [0.1, 0.15) is 33.6 Å². The lowest BCUT2D eigenvalue weighted by Crippen LogP contribution is -2.24. The van der Waals surface area contributed by atoms with Gasteiger partial charge in [0.25, 0.3) is 5.78 Å². The van der Waals surface area contributed by atoms with Crippen LogP contribution in [-0.2, 0) is 17.8 Å². The number of halogens is 1. The van der Waals surface area contributed by atoms with Gasteiger partial charge in [0.05, 0.1) is 5.75 Å². The van der Waals surface area contributed by atoms with Crippen molar-refractivity contribution in [3.8, 4) is 0 Å². The molecule has 0 bridgehead atoms. The molecule has 164 valence electrons. The van der Waals surface area contributed by atoms with Crippen molar-refractivity contribution < 1.29 is 4.79 Å². The van der Waals surface area contributed by atoms with E-state index in [0.29, 0.717) is 22.5 Å². The quantitative estimate of drug-likeness (QED) is 0.400. The second kappa shape index (κ2) is 9.71. The second-order valence-corrected chi connectivity index (χ2v) is 8.98. The summed E-state index contributed by atoms with van der Waals surface area (Å²) in [5, 5.41) is 8.64. The van der Waals surface area contributed by atoms with Gasteiger partial charge < -0.3 is 5.32 Å². The average Bonchev–Trinajstić information content (AvgIpc) is 3.19. The molecular weight excluding hydrogens is 442 g/mol. The summed E-state index contributed by atoms with van der Waals surface area (Å²) < 4.78 is 1.77. The molecule has 0 unspecified atom stereocenters. The number of aromatic nitrogens is 4. The van der Waals surface area contributed by atoms with Crippen molar-refractivity contribution in [1.29, 1.82) is 0 Å². The lowest BCUT2D eigenvalue weighted by atomic mass is 9.99. The van der Waals surface area contributed by atoms with E-state index in [1.165, 1.54) is 22.9 Å². The summed E-state index contributed by atoms with van der Waals surface area (Å²) >= 11 is 7.43. The van der Waals surface area contributed by atoms with Gasteiger partial charge in [0.15, 0.2) is 0 Å². The summed E-state index contributed by atoms with van der Waals surface area (Å²) in [6, 6.07) is 15.8. The van der Waals surface area contributed by atoms with Crippen molar-refractivity contribution in [1.82, 2.24) is 24.9 Å². The van der Waals surface area contributed by atoms with E-state index in [1.807, 2.05) is 44.2 Å². The van der Waals surface area contributed by atoms with Gasteiger partial charge in [-0.1, -0.05) is 65.8 Å². The Morgan fingerprint density at radius 2 is 1.75 bits per heavy atom. The predicted molar refractivity (Wildman–Crippen MR) is 128 cm³/mol. The van der Waals surface area contributed by atoms with Gasteiger partial charge >= 0.3 is 0 Å². The molecule has 6 nitrogen and oxygen atoms in total. The van der Waals surface area contributed by atoms with Crippen LogP contribution in [0.3, 0.4) is 0 Å². The van der Waals surface area contributed by atoms with Crippen molar-refractivity contribution in [3.63, 3.8) is 0 Å². The Labute approximate surface area is 196 Å². The van der Waals surface area contributed by atoms with Crippen LogP contribution in [0.2, 0.25) is 5.02 Å². The maximum Gasteiger partial charge on any atom is 0.253 e. The van der Waals surface area contributed by atoms with E-state index < -0.39 is 0 Å². The summed E-state index contributed by atoms with van der Waals surface area (Å²) in [5.41, 5.74) is 6.51. The molecule has 1 amide bonds. The van der Waals surface area contributed by atoms with E-state index in [9.17, 15) is 4.79 Å². The van der Waals surface area contributed by atoms with Gasteiger partial charge in [-0.05, 0) is 49.1 Å². The number of nitrogens with one attached hydrogen (secondary N) is 1. The Morgan fingerprint density at radius 3 is 2.50 bits per heavy atom. The minimum absolute atomic E-state index is 0.102. The molecule has 4 aromatic rings. The Hall–Kier alpha value is -2.90. The van der Waals surface area contributed by atoms with Crippen LogP contribution >= 0.6 is 23.4 Å². The molecule has 0 fully saturated rings. The first-order valence-electron chi connectivity index (χ1n) is 10.3. The maximum absolute atomic E-state index is 12.3. The number of benzene rings is 2. The molecule has 2 heterocycles. The molecule has 8 heteroatoms. The second-order valence-electron chi connectivity index (χ2n) is 7.63. The number of amides is 1. The number of rotatable bonds is 7. The van der Waals surface area contributed by atoms with Gasteiger partial charge in [0.1, 0.15) is 0 Å². The predicted octanol–water partition coefficient (Wildman–Crippen LogP) is 4.70. The van der Waals surface area contributed by atoms with Crippen LogP contribution in [0.25, 0.3) is 5.78 Å². The zero-order valence-corrected chi connectivity index (χ0v) is 19.8. The van der Waals surface area contributed by atoms with E-state index in [4.69, 9.17) is 11.6 Å². The first-order chi connectivity index (χ1) is 15.4. The van der Waals surface area contributed by atoms with Crippen LogP contribution in [0.5, 0.6) is 0 Å². The molecule has 0 radical (unpaired) electrons. The molecule has 0 atom stereocenters. The number of carbonyl (C=O) groups is 1. The monoisotopic (exact) mass is 465 g/mol. The van der Waals surface area contributed by atoms with E-state index in [1.54, 1.807) is 4.52 Å². The molecule has 32 heavy (non-hydrogen) atoms. The Morgan fingerprint density at radius 1 is 1.03 bits per heavy atom. The first kappa shape index (κ1) is 22.3. The zero-order chi connectivity index (χ0) is 22.7. The van der Waals surface area contributed by atoms with E-state index in [2.05, 4.69) is 45.5 Å². The molecule has 0 aliphatic heterocycles. The van der Waals surface area contributed by atoms with Gasteiger partial charge in [-0.2, -0.15) is 4.98 Å². The molecule has 2 aromatic heterocycles. The lowest BCUT2D eigenvalue weighted by molar-refractivity contribution is -0.118. The van der Waals surface area contributed by atoms with Gasteiger partial charge in [-0.15, -0.1) is 5.10 Å². The SMILES string of the molecule is Cc1ccccc1Cc1c(C)nc2nc(SCC(=O)NCc3ccccc3Cl)nn2c1C. The normalized spacial score (nSPS) is 11.1. The number of nitrogens with zero attached hydrogens (tertiary/aromatic N) is 4. The minimum Gasteiger partial charge on any atom is -0.351 e. The summed E-state index contributed by atoms with van der Waals surface area (Å²) in [4.78, 5) is 21.4. The van der Waals surface area contributed by atoms with Crippen LogP contribution < -0.4 is 5.32 Å². The average molecular weight is 466 g/mol. The van der Waals surface area contributed by atoms with Crippen molar-refractivity contribution >= 4 is 35.0 Å². The third-order valence-corrected chi connectivity index (χ3v) is 6.63. The number of fused-ring (bicyclic) bond motifs is 1. The number of thioether (sulfide) groups is 1. The van der Waals surface area contributed by atoms with E-state index in [-0.39, 0.29) is 11.7 Å². The first-order valence-corrected chi connectivity index (χ1v) is 11.7. The fourth-order valence-corrected chi connectivity index (χ4v) is 4.37. The molecule has 4 rings (SSSR count). The van der Waals surface area contributed by atoms with Crippen molar-refractivity contribution in [2.75, 3.05) is 5.75 Å². The zero-order valence-electron chi connectivity index (χ0n) is 18.2. The van der Waals surface area contributed by atoms with Gasteiger partial charge in [-0.3, -0.25) is 4.79 Å². The topological polar surface area (TPSA) is 72.2 Å². The van der Waals surface area contributed by atoms with Gasteiger partial charge in [0.2, 0.25) is 11.1 Å². The molecule has 1 N–H and O–H groups in total. The Bertz CT molecular complexity index is 1290. The number of carbonyl (C=O) groups excluding carboxylic acids is 1. The van der Waals surface area contributed by atoms with Crippen molar-refractivity contribution in [2.24, 2.45) is 0 Å². The third kappa shape index (κ3) is 4.95. The molecule has 0 saturated heterocycles. The third-order valence-electron chi connectivity index (χ3n) is 5.42. The highest BCUT2D eigenvalue weighted by Crippen LogP contribution is 2.22. The number of hydrogen-bond donors (Lipinski definition) is 1. The van der Waals surface area contributed by atoms with Crippen LogP contribution in [0, 0.1) is 20.8 Å². The smallest absolute Gasteiger partial charge is 0.253 e. The summed E-state index contributed by atoms with van der Waals surface area (Å²) in [6.07, 6.45) is 0.792. The summed E-state index contributed by atoms with van der Waals surface area (Å²) in [7, 11) is 0. The molecular formula is C24H24ClN5OS. The highest BCUT2D eigenvalue weighted by atomic mass is 35.5. The van der Waals surface area contributed by atoms with Crippen LogP contribution in [-0.4, -0.2) is 31.2 Å². The van der Waals surface area contributed by atoms with E-state index >= 15 is 0 Å². The standard InChI is InChI=1S/C24H24ClN5OS/c1-15-8-4-5-9-18(15)12-20-16(2)27-23-28-24(29-30(23)17(20)3)32-14-22(31)26-13-19-10-6-7-11-21(19)25/h4-11H,12-14H2,1-3H3,(H,26,31). The van der Waals surface area contributed by atoms with Gasteiger partial charge in [-0.25, -0.2) is 9.50 Å². The minimum atomic E-state index is -0.102. The molecule has 2 aromatic carbocycles. The highest BCUT2D eigenvalue weighted by Gasteiger charge is 2.15.